The van der Waals surface area contributed by atoms with Crippen LogP contribution in [0.4, 0.5) is 18.0 Å². The largest absolute Gasteiger partial charge is 0.440 e. The molecule has 0 bridgehead atoms. The van der Waals surface area contributed by atoms with E-state index in [2.05, 4.69) is 4.74 Å². The first-order valence-corrected chi connectivity index (χ1v) is 6.89. The molecule has 0 aromatic carbocycles. The zero-order chi connectivity index (χ0) is 13.9. The second-order valence-electron chi connectivity index (χ2n) is 5.72. The third kappa shape index (κ3) is 4.01. The van der Waals surface area contributed by atoms with Crippen molar-refractivity contribution in [3.63, 3.8) is 0 Å². The average molecular weight is 279 g/mol. The molecular formula is C13H20F3NO2. The van der Waals surface area contributed by atoms with Crippen molar-refractivity contribution in [3.8, 4) is 0 Å². The maximum absolute atomic E-state index is 12.0. The number of likely N-dealkylation sites (tertiary alicyclic amines) is 1. The lowest BCUT2D eigenvalue weighted by Gasteiger charge is -2.43. The van der Waals surface area contributed by atoms with E-state index in [1.807, 2.05) is 0 Å². The van der Waals surface area contributed by atoms with Crippen molar-refractivity contribution in [3.05, 3.63) is 0 Å². The summed E-state index contributed by atoms with van der Waals surface area (Å²) < 4.78 is 40.2. The Morgan fingerprint density at radius 1 is 1.05 bits per heavy atom. The van der Waals surface area contributed by atoms with Gasteiger partial charge in [-0.3, -0.25) is 0 Å². The molecule has 1 amide bonds. The summed E-state index contributed by atoms with van der Waals surface area (Å²) in [5.74, 6) is 0. The van der Waals surface area contributed by atoms with Crippen LogP contribution in [0.2, 0.25) is 0 Å². The molecule has 19 heavy (non-hydrogen) atoms. The van der Waals surface area contributed by atoms with Crippen LogP contribution in [0.5, 0.6) is 0 Å². The molecule has 0 N–H and O–H groups in total. The van der Waals surface area contributed by atoms with Crippen LogP contribution < -0.4 is 0 Å². The fraction of sp³-hybridized carbons (Fsp3) is 0.923. The lowest BCUT2D eigenvalue weighted by Crippen LogP contribution is -2.44. The Bertz CT molecular complexity index is 314. The molecule has 1 aliphatic heterocycles. The van der Waals surface area contributed by atoms with Gasteiger partial charge in [0, 0.05) is 13.1 Å². The number of piperidine rings is 1. The lowest BCUT2D eigenvalue weighted by molar-refractivity contribution is -0.163. The highest BCUT2D eigenvalue weighted by Crippen LogP contribution is 2.44. The molecule has 1 saturated heterocycles. The van der Waals surface area contributed by atoms with Crippen LogP contribution >= 0.6 is 0 Å². The SMILES string of the molecule is O=C(OCC(F)(F)F)N1CCC2(CCCCC2)CC1. The van der Waals surface area contributed by atoms with Gasteiger partial charge in [-0.2, -0.15) is 13.2 Å². The van der Waals surface area contributed by atoms with Crippen molar-refractivity contribution in [2.75, 3.05) is 19.7 Å². The van der Waals surface area contributed by atoms with Gasteiger partial charge in [0.15, 0.2) is 6.61 Å². The number of nitrogens with zero attached hydrogens (tertiary/aromatic N) is 1. The van der Waals surface area contributed by atoms with Crippen LogP contribution in [-0.4, -0.2) is 36.9 Å². The van der Waals surface area contributed by atoms with Gasteiger partial charge in [-0.15, -0.1) is 0 Å². The van der Waals surface area contributed by atoms with Gasteiger partial charge in [0.05, 0.1) is 0 Å². The van der Waals surface area contributed by atoms with Gasteiger partial charge in [0.25, 0.3) is 0 Å². The molecule has 110 valence electrons. The zero-order valence-electron chi connectivity index (χ0n) is 11.0. The zero-order valence-corrected chi connectivity index (χ0v) is 11.0. The Labute approximate surface area is 111 Å². The molecule has 6 heteroatoms. The van der Waals surface area contributed by atoms with E-state index in [1.54, 1.807) is 0 Å². The fourth-order valence-corrected chi connectivity index (χ4v) is 3.20. The van der Waals surface area contributed by atoms with E-state index in [-0.39, 0.29) is 0 Å². The van der Waals surface area contributed by atoms with Crippen molar-refractivity contribution in [2.45, 2.75) is 51.1 Å². The first-order valence-electron chi connectivity index (χ1n) is 6.89. The molecular weight excluding hydrogens is 259 g/mol. The molecule has 0 unspecified atom stereocenters. The van der Waals surface area contributed by atoms with Crippen LogP contribution in [0, 0.1) is 5.41 Å². The van der Waals surface area contributed by atoms with E-state index in [9.17, 15) is 18.0 Å². The number of hydrogen-bond donors (Lipinski definition) is 0. The fourth-order valence-electron chi connectivity index (χ4n) is 3.20. The van der Waals surface area contributed by atoms with Crippen LogP contribution in [-0.2, 0) is 4.74 Å². The van der Waals surface area contributed by atoms with Gasteiger partial charge in [-0.25, -0.2) is 4.79 Å². The number of halogens is 3. The Kier molecular flexibility index (Phi) is 4.26. The summed E-state index contributed by atoms with van der Waals surface area (Å²) >= 11 is 0. The monoisotopic (exact) mass is 279 g/mol. The van der Waals surface area contributed by atoms with Crippen LogP contribution in [0.25, 0.3) is 0 Å². The Balaban J connectivity index is 1.77. The molecule has 1 spiro atoms. The quantitative estimate of drug-likeness (QED) is 0.732. The standard InChI is InChI=1S/C13H20F3NO2/c14-13(15,16)10-19-11(18)17-8-6-12(7-9-17)4-2-1-3-5-12/h1-10H2. The molecule has 0 radical (unpaired) electrons. The number of ether oxygens (including phenoxy) is 1. The van der Waals surface area contributed by atoms with Crippen LogP contribution in [0.3, 0.4) is 0 Å². The minimum atomic E-state index is -4.45. The molecule has 1 aliphatic carbocycles. The number of hydrogen-bond acceptors (Lipinski definition) is 2. The third-order valence-corrected chi connectivity index (χ3v) is 4.36. The predicted molar refractivity (Wildman–Crippen MR) is 63.7 cm³/mol. The second-order valence-corrected chi connectivity index (χ2v) is 5.72. The molecule has 0 aromatic heterocycles. The number of carbonyl (C=O) groups excluding carboxylic acids is 1. The van der Waals surface area contributed by atoms with Crippen LogP contribution in [0.15, 0.2) is 0 Å². The minimum Gasteiger partial charge on any atom is -0.440 e. The molecule has 1 saturated carbocycles. The van der Waals surface area contributed by atoms with Crippen molar-refractivity contribution >= 4 is 6.09 Å². The maximum atomic E-state index is 12.0. The second kappa shape index (κ2) is 5.59. The van der Waals surface area contributed by atoms with E-state index in [0.717, 1.165) is 12.8 Å². The van der Waals surface area contributed by atoms with E-state index < -0.39 is 18.9 Å². The first kappa shape index (κ1) is 14.5. The van der Waals surface area contributed by atoms with Crippen molar-refractivity contribution in [1.82, 2.24) is 4.90 Å². The highest BCUT2D eigenvalue weighted by atomic mass is 19.4. The maximum Gasteiger partial charge on any atom is 0.422 e. The number of alkyl halides is 3. The molecule has 2 aliphatic rings. The summed E-state index contributed by atoms with van der Waals surface area (Å²) in [6, 6.07) is 0. The summed E-state index contributed by atoms with van der Waals surface area (Å²) in [5, 5.41) is 0. The van der Waals surface area contributed by atoms with Crippen molar-refractivity contribution in [2.24, 2.45) is 5.41 Å². The van der Waals surface area contributed by atoms with E-state index in [0.29, 0.717) is 18.5 Å². The van der Waals surface area contributed by atoms with Gasteiger partial charge in [-0.1, -0.05) is 19.3 Å². The first-order chi connectivity index (χ1) is 8.90. The molecule has 0 atom stereocenters. The Morgan fingerprint density at radius 2 is 1.63 bits per heavy atom. The van der Waals surface area contributed by atoms with E-state index in [4.69, 9.17) is 0 Å². The molecule has 2 rings (SSSR count). The number of amides is 1. The van der Waals surface area contributed by atoms with Gasteiger partial charge in [0.1, 0.15) is 0 Å². The van der Waals surface area contributed by atoms with Gasteiger partial charge < -0.3 is 9.64 Å². The molecule has 2 fully saturated rings. The average Bonchev–Trinajstić information content (AvgIpc) is 2.37. The molecule has 0 aromatic rings. The summed E-state index contributed by atoms with van der Waals surface area (Å²) in [6.45, 7) is -0.444. The van der Waals surface area contributed by atoms with Crippen LogP contribution in [0.1, 0.15) is 44.9 Å². The molecule has 1 heterocycles. The third-order valence-electron chi connectivity index (χ3n) is 4.36. The smallest absolute Gasteiger partial charge is 0.422 e. The van der Waals surface area contributed by atoms with E-state index >= 15 is 0 Å². The minimum absolute atomic E-state index is 0.332. The van der Waals surface area contributed by atoms with Gasteiger partial charge >= 0.3 is 12.3 Å². The topological polar surface area (TPSA) is 29.5 Å². The van der Waals surface area contributed by atoms with Gasteiger partial charge in [0.2, 0.25) is 0 Å². The molecule has 3 nitrogen and oxygen atoms in total. The highest BCUT2D eigenvalue weighted by Gasteiger charge is 2.38. The Hall–Kier alpha value is -0.940. The van der Waals surface area contributed by atoms with E-state index in [1.165, 1.54) is 37.0 Å². The van der Waals surface area contributed by atoms with Gasteiger partial charge in [-0.05, 0) is 31.1 Å². The normalized spacial score (nSPS) is 23.4. The lowest BCUT2D eigenvalue weighted by atomic mass is 9.68. The number of rotatable bonds is 1. The summed E-state index contributed by atoms with van der Waals surface area (Å²) in [7, 11) is 0. The summed E-state index contributed by atoms with van der Waals surface area (Å²) in [6.07, 6.45) is 2.65. The summed E-state index contributed by atoms with van der Waals surface area (Å²) in [5.41, 5.74) is 0.332. The number of carbonyl (C=O) groups is 1. The highest BCUT2D eigenvalue weighted by molar-refractivity contribution is 5.67. The van der Waals surface area contributed by atoms with Crippen molar-refractivity contribution in [1.29, 1.82) is 0 Å². The predicted octanol–water partition coefficient (Wildman–Crippen LogP) is 3.73. The Morgan fingerprint density at radius 3 is 2.16 bits per heavy atom. The van der Waals surface area contributed by atoms with Crippen molar-refractivity contribution < 1.29 is 22.7 Å². The summed E-state index contributed by atoms with van der Waals surface area (Å²) in [4.78, 5) is 12.9.